The Morgan fingerprint density at radius 3 is 2.42 bits per heavy atom. The zero-order valence-electron chi connectivity index (χ0n) is 18.9. The van der Waals surface area contributed by atoms with Gasteiger partial charge in [0.05, 0.1) is 0 Å². The first-order valence-electron chi connectivity index (χ1n) is 11.0. The lowest BCUT2D eigenvalue weighted by Crippen LogP contribution is -2.51. The van der Waals surface area contributed by atoms with Crippen LogP contribution >= 0.6 is 0 Å². The van der Waals surface area contributed by atoms with Gasteiger partial charge in [-0.15, -0.1) is 0 Å². The van der Waals surface area contributed by atoms with E-state index in [1.54, 1.807) is 29.2 Å². The third-order valence-corrected chi connectivity index (χ3v) is 5.58. The van der Waals surface area contributed by atoms with Gasteiger partial charge in [0.15, 0.2) is 0 Å². The molecule has 8 heteroatoms. The summed E-state index contributed by atoms with van der Waals surface area (Å²) in [6, 6.07) is 7.02. The number of amides is 3. The van der Waals surface area contributed by atoms with Crippen LogP contribution in [0, 0.1) is 11.8 Å². The van der Waals surface area contributed by atoms with Crippen LogP contribution in [0.5, 0.6) is 0 Å². The minimum absolute atomic E-state index is 0.0237. The molecule has 1 aliphatic heterocycles. The van der Waals surface area contributed by atoms with E-state index in [1.807, 2.05) is 20.8 Å². The Balaban J connectivity index is 1.38. The van der Waals surface area contributed by atoms with Gasteiger partial charge in [-0.05, 0) is 51.3 Å². The molecule has 2 aliphatic rings. The Labute approximate surface area is 184 Å². The van der Waals surface area contributed by atoms with Crippen molar-refractivity contribution in [1.29, 1.82) is 0 Å². The van der Waals surface area contributed by atoms with E-state index < -0.39 is 5.60 Å². The summed E-state index contributed by atoms with van der Waals surface area (Å²) in [7, 11) is 0. The number of carbonyl (C=O) groups is 3. The molecule has 0 aromatic heterocycles. The summed E-state index contributed by atoms with van der Waals surface area (Å²) in [4.78, 5) is 40.7. The normalized spacial score (nSPS) is 21.4. The van der Waals surface area contributed by atoms with Crippen LogP contribution < -0.4 is 10.6 Å². The van der Waals surface area contributed by atoms with Gasteiger partial charge in [-0.1, -0.05) is 13.0 Å². The molecule has 1 aromatic carbocycles. The molecule has 0 bridgehead atoms. The lowest BCUT2D eigenvalue weighted by Gasteiger charge is -2.35. The molecule has 1 saturated heterocycles. The molecule has 3 amide bonds. The molecule has 170 valence electrons. The Hall–Kier alpha value is -2.61. The molecular weight excluding hydrogens is 396 g/mol. The maximum absolute atomic E-state index is 12.5. The predicted molar refractivity (Wildman–Crippen MR) is 119 cm³/mol. The number of carbonyl (C=O) groups excluding carboxylic acids is 3. The number of benzene rings is 1. The number of piperazine rings is 1. The summed E-state index contributed by atoms with van der Waals surface area (Å²) in [6.07, 6.45) is 0.654. The summed E-state index contributed by atoms with van der Waals surface area (Å²) in [5, 5.41) is 5.83. The third kappa shape index (κ3) is 6.95. The van der Waals surface area contributed by atoms with Crippen molar-refractivity contribution in [1.82, 2.24) is 15.1 Å². The van der Waals surface area contributed by atoms with Crippen molar-refractivity contribution in [2.75, 3.05) is 44.6 Å². The molecule has 2 unspecified atom stereocenters. The number of nitrogens with zero attached hydrogens (tertiary/aromatic N) is 2. The maximum atomic E-state index is 12.5. The van der Waals surface area contributed by atoms with Crippen molar-refractivity contribution >= 4 is 23.6 Å². The van der Waals surface area contributed by atoms with Crippen molar-refractivity contribution in [3.63, 3.8) is 0 Å². The minimum atomic E-state index is -0.491. The van der Waals surface area contributed by atoms with E-state index in [-0.39, 0.29) is 23.8 Å². The van der Waals surface area contributed by atoms with E-state index in [1.165, 1.54) is 0 Å². The molecule has 3 rings (SSSR count). The van der Waals surface area contributed by atoms with Crippen molar-refractivity contribution in [3.05, 3.63) is 29.8 Å². The average Bonchev–Trinajstić information content (AvgIpc) is 3.44. The van der Waals surface area contributed by atoms with Gasteiger partial charge in [-0.25, -0.2) is 4.79 Å². The molecule has 0 radical (unpaired) electrons. The molecule has 1 aromatic rings. The number of anilines is 1. The predicted octanol–water partition coefficient (Wildman–Crippen LogP) is 2.56. The van der Waals surface area contributed by atoms with Gasteiger partial charge < -0.3 is 20.3 Å². The van der Waals surface area contributed by atoms with Crippen LogP contribution in [-0.2, 0) is 9.53 Å². The van der Waals surface area contributed by atoms with Gasteiger partial charge in [-0.2, -0.15) is 0 Å². The zero-order valence-corrected chi connectivity index (χ0v) is 18.9. The minimum Gasteiger partial charge on any atom is -0.444 e. The fourth-order valence-electron chi connectivity index (χ4n) is 3.57. The Bertz CT molecular complexity index is 812. The van der Waals surface area contributed by atoms with E-state index in [2.05, 4.69) is 22.5 Å². The zero-order chi connectivity index (χ0) is 22.6. The molecule has 2 N–H and O–H groups in total. The van der Waals surface area contributed by atoms with Crippen molar-refractivity contribution in [3.8, 4) is 0 Å². The highest BCUT2D eigenvalue weighted by Crippen LogP contribution is 2.38. The second-order valence-corrected chi connectivity index (χ2v) is 9.45. The molecule has 1 saturated carbocycles. The number of ether oxygens (including phenoxy) is 1. The summed E-state index contributed by atoms with van der Waals surface area (Å²) in [5.74, 6) is 0.393. The molecule has 31 heavy (non-hydrogen) atoms. The Morgan fingerprint density at radius 2 is 1.81 bits per heavy atom. The molecule has 8 nitrogen and oxygen atoms in total. The van der Waals surface area contributed by atoms with E-state index in [0.29, 0.717) is 43.3 Å². The standard InChI is InChI=1S/C23H34N4O4/c1-16-14-19(16)21(29)25-18-7-5-6-17(15-18)20(28)24-8-9-26-10-12-27(13-11-26)22(30)31-23(2,3)4/h5-7,15-16,19H,8-14H2,1-4H3,(H,24,28)(H,25,29). The van der Waals surface area contributed by atoms with Crippen LogP contribution in [0.4, 0.5) is 10.5 Å². The van der Waals surface area contributed by atoms with Crippen LogP contribution in [0.1, 0.15) is 44.5 Å². The van der Waals surface area contributed by atoms with E-state index in [9.17, 15) is 14.4 Å². The van der Waals surface area contributed by atoms with E-state index in [0.717, 1.165) is 19.5 Å². The first-order valence-corrected chi connectivity index (χ1v) is 11.0. The molecule has 1 aliphatic carbocycles. The monoisotopic (exact) mass is 430 g/mol. The van der Waals surface area contributed by atoms with Crippen LogP contribution in [0.3, 0.4) is 0 Å². The SMILES string of the molecule is CC1CC1C(=O)Nc1cccc(C(=O)NCCN2CCN(C(=O)OC(C)(C)C)CC2)c1. The lowest BCUT2D eigenvalue weighted by molar-refractivity contribution is -0.117. The fraction of sp³-hybridized carbons (Fsp3) is 0.609. The topological polar surface area (TPSA) is 91.0 Å². The lowest BCUT2D eigenvalue weighted by atomic mass is 10.2. The van der Waals surface area contributed by atoms with Gasteiger partial charge in [-0.3, -0.25) is 14.5 Å². The van der Waals surface area contributed by atoms with E-state index in [4.69, 9.17) is 4.74 Å². The van der Waals surface area contributed by atoms with Crippen LogP contribution in [0.15, 0.2) is 24.3 Å². The number of hydrogen-bond donors (Lipinski definition) is 2. The number of rotatable bonds is 6. The second-order valence-electron chi connectivity index (χ2n) is 9.45. The van der Waals surface area contributed by atoms with Crippen molar-refractivity contribution < 1.29 is 19.1 Å². The van der Waals surface area contributed by atoms with Gasteiger partial charge >= 0.3 is 6.09 Å². The highest BCUT2D eigenvalue weighted by Gasteiger charge is 2.39. The summed E-state index contributed by atoms with van der Waals surface area (Å²) < 4.78 is 5.41. The van der Waals surface area contributed by atoms with Crippen LogP contribution in [0.25, 0.3) is 0 Å². The Morgan fingerprint density at radius 1 is 1.13 bits per heavy atom. The highest BCUT2D eigenvalue weighted by molar-refractivity contribution is 5.98. The summed E-state index contributed by atoms with van der Waals surface area (Å²) in [5.41, 5.74) is 0.681. The quantitative estimate of drug-likeness (QED) is 0.724. The smallest absolute Gasteiger partial charge is 0.410 e. The third-order valence-electron chi connectivity index (χ3n) is 5.58. The average molecular weight is 431 g/mol. The number of hydrogen-bond acceptors (Lipinski definition) is 5. The van der Waals surface area contributed by atoms with E-state index >= 15 is 0 Å². The largest absolute Gasteiger partial charge is 0.444 e. The molecule has 1 heterocycles. The second kappa shape index (κ2) is 9.68. The summed E-state index contributed by atoms with van der Waals surface area (Å²) in [6.45, 7) is 11.6. The van der Waals surface area contributed by atoms with Gasteiger partial charge in [0.25, 0.3) is 5.91 Å². The highest BCUT2D eigenvalue weighted by atomic mass is 16.6. The van der Waals surface area contributed by atoms with Gasteiger partial charge in [0.1, 0.15) is 5.60 Å². The summed E-state index contributed by atoms with van der Waals surface area (Å²) >= 11 is 0. The van der Waals surface area contributed by atoms with Crippen molar-refractivity contribution in [2.45, 2.75) is 39.7 Å². The van der Waals surface area contributed by atoms with Gasteiger partial charge in [0.2, 0.25) is 5.91 Å². The molecule has 0 spiro atoms. The number of nitrogens with one attached hydrogen (secondary N) is 2. The molecule has 2 atom stereocenters. The fourth-order valence-corrected chi connectivity index (χ4v) is 3.57. The first-order chi connectivity index (χ1) is 14.6. The maximum Gasteiger partial charge on any atom is 0.410 e. The van der Waals surface area contributed by atoms with Gasteiger partial charge in [0, 0.05) is 56.4 Å². The van der Waals surface area contributed by atoms with Crippen molar-refractivity contribution in [2.24, 2.45) is 11.8 Å². The first kappa shape index (κ1) is 23.1. The molecular formula is C23H34N4O4. The van der Waals surface area contributed by atoms with Crippen LogP contribution in [-0.4, -0.2) is 72.6 Å². The Kier molecular flexibility index (Phi) is 7.20. The molecule has 2 fully saturated rings. The van der Waals surface area contributed by atoms with Crippen LogP contribution in [0.2, 0.25) is 0 Å².